The number of morpholine rings is 1. The number of nitrogens with one attached hydrogen (secondary N) is 1. The number of carbonyl (C=O) groups is 1. The fourth-order valence-electron chi connectivity index (χ4n) is 3.38. The molecular formula is C25H26N2O3. The molecule has 0 radical (unpaired) electrons. The zero-order valence-corrected chi connectivity index (χ0v) is 17.1. The summed E-state index contributed by atoms with van der Waals surface area (Å²) in [7, 11) is 0. The molecule has 1 amide bonds. The van der Waals surface area contributed by atoms with Gasteiger partial charge in [-0.25, -0.2) is 0 Å². The molecule has 3 aromatic rings. The fraction of sp³-hybridized carbons (Fsp3) is 0.240. The Morgan fingerprint density at radius 2 is 1.63 bits per heavy atom. The maximum Gasteiger partial charge on any atom is 0.255 e. The van der Waals surface area contributed by atoms with Crippen molar-refractivity contribution in [3.8, 4) is 11.5 Å². The van der Waals surface area contributed by atoms with Gasteiger partial charge in [0, 0.05) is 30.9 Å². The summed E-state index contributed by atoms with van der Waals surface area (Å²) in [5.41, 5.74) is 3.71. The van der Waals surface area contributed by atoms with Crippen LogP contribution in [0.15, 0.2) is 72.8 Å². The number of rotatable bonds is 6. The summed E-state index contributed by atoms with van der Waals surface area (Å²) < 4.78 is 11.2. The number of amides is 1. The Hall–Kier alpha value is -3.15. The molecule has 4 rings (SSSR count). The molecule has 0 saturated carbocycles. The third-order valence-electron chi connectivity index (χ3n) is 5.07. The molecule has 1 saturated heterocycles. The van der Waals surface area contributed by atoms with Gasteiger partial charge < -0.3 is 14.8 Å². The van der Waals surface area contributed by atoms with E-state index in [1.807, 2.05) is 73.7 Å². The molecule has 1 fully saturated rings. The van der Waals surface area contributed by atoms with E-state index in [2.05, 4.69) is 16.3 Å². The summed E-state index contributed by atoms with van der Waals surface area (Å²) in [6.45, 7) is 6.25. The molecule has 0 bridgehead atoms. The fourth-order valence-corrected chi connectivity index (χ4v) is 3.38. The molecule has 1 heterocycles. The van der Waals surface area contributed by atoms with Crippen LogP contribution < -0.4 is 10.1 Å². The highest BCUT2D eigenvalue weighted by Gasteiger charge is 2.12. The van der Waals surface area contributed by atoms with E-state index in [0.29, 0.717) is 5.56 Å². The van der Waals surface area contributed by atoms with Crippen molar-refractivity contribution in [3.05, 3.63) is 89.5 Å². The number of anilines is 1. The molecule has 5 nitrogen and oxygen atoms in total. The maximum atomic E-state index is 12.7. The number of hydrogen-bond donors (Lipinski definition) is 1. The van der Waals surface area contributed by atoms with Crippen LogP contribution in [-0.4, -0.2) is 37.1 Å². The van der Waals surface area contributed by atoms with Crippen LogP contribution in [-0.2, 0) is 11.3 Å². The van der Waals surface area contributed by atoms with E-state index in [4.69, 9.17) is 9.47 Å². The Bertz CT molecular complexity index is 978. The first-order valence-corrected chi connectivity index (χ1v) is 10.2. The molecule has 30 heavy (non-hydrogen) atoms. The topological polar surface area (TPSA) is 50.8 Å². The van der Waals surface area contributed by atoms with Crippen molar-refractivity contribution >= 4 is 11.6 Å². The molecule has 0 aromatic heterocycles. The van der Waals surface area contributed by atoms with Crippen molar-refractivity contribution in [1.82, 2.24) is 4.90 Å². The number of carbonyl (C=O) groups excluding carboxylic acids is 1. The van der Waals surface area contributed by atoms with Crippen molar-refractivity contribution in [3.63, 3.8) is 0 Å². The Morgan fingerprint density at radius 1 is 0.967 bits per heavy atom. The molecular weight excluding hydrogens is 376 g/mol. The second kappa shape index (κ2) is 9.57. The molecule has 0 unspecified atom stereocenters. The van der Waals surface area contributed by atoms with Crippen LogP contribution in [0.25, 0.3) is 0 Å². The third-order valence-corrected chi connectivity index (χ3v) is 5.07. The minimum absolute atomic E-state index is 0.119. The first-order valence-electron chi connectivity index (χ1n) is 10.2. The summed E-state index contributed by atoms with van der Waals surface area (Å²) in [6.07, 6.45) is 0. The van der Waals surface area contributed by atoms with Crippen LogP contribution in [0.4, 0.5) is 5.69 Å². The number of benzene rings is 3. The van der Waals surface area contributed by atoms with Crippen LogP contribution in [0, 0.1) is 6.92 Å². The van der Waals surface area contributed by atoms with Crippen LogP contribution in [0.5, 0.6) is 11.5 Å². The van der Waals surface area contributed by atoms with Crippen molar-refractivity contribution in [1.29, 1.82) is 0 Å². The maximum absolute atomic E-state index is 12.7. The van der Waals surface area contributed by atoms with Gasteiger partial charge in [-0.05, 0) is 61.0 Å². The lowest BCUT2D eigenvalue weighted by Gasteiger charge is -2.26. The zero-order valence-electron chi connectivity index (χ0n) is 17.1. The largest absolute Gasteiger partial charge is 0.457 e. The predicted molar refractivity (Wildman–Crippen MR) is 118 cm³/mol. The third kappa shape index (κ3) is 5.47. The highest BCUT2D eigenvalue weighted by Crippen LogP contribution is 2.23. The van der Waals surface area contributed by atoms with Gasteiger partial charge in [0.1, 0.15) is 11.5 Å². The summed E-state index contributed by atoms with van der Waals surface area (Å²) in [5.74, 6) is 1.39. The van der Waals surface area contributed by atoms with E-state index in [0.717, 1.165) is 55.6 Å². The smallest absolute Gasteiger partial charge is 0.255 e. The number of nitrogens with zero attached hydrogens (tertiary/aromatic N) is 1. The van der Waals surface area contributed by atoms with Gasteiger partial charge in [0.15, 0.2) is 0 Å². The lowest BCUT2D eigenvalue weighted by atomic mass is 10.1. The second-order valence-electron chi connectivity index (χ2n) is 7.48. The number of hydrogen-bond acceptors (Lipinski definition) is 4. The van der Waals surface area contributed by atoms with Gasteiger partial charge in [-0.2, -0.15) is 0 Å². The van der Waals surface area contributed by atoms with Gasteiger partial charge in [-0.3, -0.25) is 9.69 Å². The minimum atomic E-state index is -0.119. The van der Waals surface area contributed by atoms with Crippen molar-refractivity contribution in [2.45, 2.75) is 13.5 Å². The minimum Gasteiger partial charge on any atom is -0.457 e. The van der Waals surface area contributed by atoms with E-state index in [1.54, 1.807) is 0 Å². The van der Waals surface area contributed by atoms with Gasteiger partial charge in [0.05, 0.1) is 13.2 Å². The number of aryl methyl sites for hydroxylation is 1. The Labute approximate surface area is 177 Å². The summed E-state index contributed by atoms with van der Waals surface area (Å²) in [5, 5.41) is 2.96. The van der Waals surface area contributed by atoms with E-state index < -0.39 is 0 Å². The molecule has 1 N–H and O–H groups in total. The van der Waals surface area contributed by atoms with Crippen LogP contribution >= 0.6 is 0 Å². The number of ether oxygens (including phenoxy) is 2. The summed E-state index contributed by atoms with van der Waals surface area (Å²) in [4.78, 5) is 15.0. The van der Waals surface area contributed by atoms with Crippen LogP contribution in [0.2, 0.25) is 0 Å². The molecule has 3 aromatic carbocycles. The molecule has 1 aliphatic rings. The Kier molecular flexibility index (Phi) is 6.42. The van der Waals surface area contributed by atoms with Gasteiger partial charge in [-0.1, -0.05) is 29.8 Å². The lowest BCUT2D eigenvalue weighted by molar-refractivity contribution is 0.0342. The van der Waals surface area contributed by atoms with E-state index in [-0.39, 0.29) is 5.91 Å². The average Bonchev–Trinajstić information content (AvgIpc) is 2.77. The standard InChI is InChI=1S/C25H26N2O3/c1-19-5-9-23(10-6-19)30-24-11-7-22(8-12-24)26-25(28)21-4-2-3-20(17-21)18-27-13-15-29-16-14-27/h2-12,17H,13-16,18H2,1H3,(H,26,28). The van der Waals surface area contributed by atoms with Gasteiger partial charge in [0.25, 0.3) is 5.91 Å². The van der Waals surface area contributed by atoms with E-state index in [1.165, 1.54) is 5.56 Å². The first kappa shape index (κ1) is 20.1. The van der Waals surface area contributed by atoms with E-state index >= 15 is 0 Å². The van der Waals surface area contributed by atoms with E-state index in [9.17, 15) is 4.79 Å². The Morgan fingerprint density at radius 3 is 2.33 bits per heavy atom. The first-order chi connectivity index (χ1) is 14.7. The van der Waals surface area contributed by atoms with Crippen molar-refractivity contribution in [2.24, 2.45) is 0 Å². The molecule has 154 valence electrons. The van der Waals surface area contributed by atoms with Gasteiger partial charge >= 0.3 is 0 Å². The molecule has 0 spiro atoms. The highest BCUT2D eigenvalue weighted by atomic mass is 16.5. The van der Waals surface area contributed by atoms with Gasteiger partial charge in [-0.15, -0.1) is 0 Å². The quantitative estimate of drug-likeness (QED) is 0.639. The van der Waals surface area contributed by atoms with Crippen molar-refractivity contribution in [2.75, 3.05) is 31.6 Å². The van der Waals surface area contributed by atoms with Crippen molar-refractivity contribution < 1.29 is 14.3 Å². The summed E-state index contributed by atoms with van der Waals surface area (Å²) in [6, 6.07) is 23.1. The van der Waals surface area contributed by atoms with Crippen LogP contribution in [0.1, 0.15) is 21.5 Å². The lowest BCUT2D eigenvalue weighted by Crippen LogP contribution is -2.35. The summed E-state index contributed by atoms with van der Waals surface area (Å²) >= 11 is 0. The molecule has 5 heteroatoms. The average molecular weight is 402 g/mol. The highest BCUT2D eigenvalue weighted by molar-refractivity contribution is 6.04. The molecule has 0 atom stereocenters. The monoisotopic (exact) mass is 402 g/mol. The van der Waals surface area contributed by atoms with Gasteiger partial charge in [0.2, 0.25) is 0 Å². The molecule has 0 aliphatic carbocycles. The van der Waals surface area contributed by atoms with Crippen LogP contribution in [0.3, 0.4) is 0 Å². The zero-order chi connectivity index (χ0) is 20.8. The molecule has 1 aliphatic heterocycles. The normalized spacial score (nSPS) is 14.3. The Balaban J connectivity index is 1.36. The predicted octanol–water partition coefficient (Wildman–Crippen LogP) is 4.87. The second-order valence-corrected chi connectivity index (χ2v) is 7.48. The SMILES string of the molecule is Cc1ccc(Oc2ccc(NC(=O)c3cccc(CN4CCOCC4)c3)cc2)cc1.